The van der Waals surface area contributed by atoms with Crippen LogP contribution in [-0.2, 0) is 22.5 Å². The Hall–Kier alpha value is -3.68. The van der Waals surface area contributed by atoms with Crippen LogP contribution < -0.4 is 0 Å². The van der Waals surface area contributed by atoms with Crippen molar-refractivity contribution in [3.05, 3.63) is 89.7 Å². The third-order valence-corrected chi connectivity index (χ3v) is 5.10. The highest BCUT2D eigenvalue weighted by Gasteiger charge is 2.45. The number of amides is 1. The van der Waals surface area contributed by atoms with Crippen LogP contribution in [0.1, 0.15) is 21.5 Å². The largest absolute Gasteiger partial charge is 0.493 e. The fourth-order valence-electron chi connectivity index (χ4n) is 3.59. The van der Waals surface area contributed by atoms with E-state index in [2.05, 4.69) is 9.82 Å². The van der Waals surface area contributed by atoms with Crippen molar-refractivity contribution in [1.82, 2.24) is 10.0 Å². The molecule has 31 heavy (non-hydrogen) atoms. The number of nitrogens with zero attached hydrogens (tertiary/aromatic N) is 2. The van der Waals surface area contributed by atoms with Gasteiger partial charge in [-0.15, -0.1) is 0 Å². The van der Waals surface area contributed by atoms with Gasteiger partial charge in [0.25, 0.3) is 5.91 Å². The number of hydroxylamine groups is 2. The Morgan fingerprint density at radius 1 is 0.903 bits per heavy atom. The first-order valence-electron chi connectivity index (χ1n) is 9.53. The van der Waals surface area contributed by atoms with E-state index in [-0.39, 0.29) is 5.56 Å². The molecule has 158 valence electrons. The summed E-state index contributed by atoms with van der Waals surface area (Å²) < 4.78 is 38.5. The lowest BCUT2D eigenvalue weighted by Gasteiger charge is -2.27. The van der Waals surface area contributed by atoms with Crippen LogP contribution in [0.3, 0.4) is 0 Å². The number of pyridine rings is 1. The Kier molecular flexibility index (Phi) is 5.46. The van der Waals surface area contributed by atoms with Crippen molar-refractivity contribution in [2.24, 2.45) is 0 Å². The number of hydrogen-bond acceptors (Lipinski definition) is 4. The molecule has 5 nitrogen and oxygen atoms in total. The van der Waals surface area contributed by atoms with Crippen molar-refractivity contribution in [2.75, 3.05) is 0 Å². The Morgan fingerprint density at radius 3 is 2.10 bits per heavy atom. The second-order valence-electron chi connectivity index (χ2n) is 7.16. The number of rotatable bonds is 3. The zero-order valence-electron chi connectivity index (χ0n) is 16.2. The van der Waals surface area contributed by atoms with E-state index in [0.717, 1.165) is 22.3 Å². The van der Waals surface area contributed by atoms with Gasteiger partial charge in [0, 0.05) is 18.0 Å². The summed E-state index contributed by atoms with van der Waals surface area (Å²) in [7, 11) is 0. The maximum Gasteiger partial charge on any atom is 0.493 e. The van der Waals surface area contributed by atoms with E-state index in [1.807, 2.05) is 30.3 Å². The van der Waals surface area contributed by atoms with Gasteiger partial charge in [0.15, 0.2) is 0 Å². The van der Waals surface area contributed by atoms with Crippen LogP contribution in [0.5, 0.6) is 0 Å². The SMILES string of the molecule is O=C(c1ccc(-c2cccnc2)cc1)N(OC(=O)C(F)(F)F)C1Cc2ccccc2C1. The fraction of sp³-hybridized carbons (Fsp3) is 0.174. The smallest absolute Gasteiger partial charge is 0.329 e. The van der Waals surface area contributed by atoms with Crippen molar-refractivity contribution in [1.29, 1.82) is 0 Å². The van der Waals surface area contributed by atoms with Crippen LogP contribution in [0.2, 0.25) is 0 Å². The lowest BCUT2D eigenvalue weighted by molar-refractivity contribution is -0.233. The molecule has 8 heteroatoms. The molecular formula is C23H17F3N2O3. The zero-order valence-corrected chi connectivity index (χ0v) is 16.2. The molecule has 0 bridgehead atoms. The lowest BCUT2D eigenvalue weighted by atomic mass is 10.0. The van der Waals surface area contributed by atoms with Gasteiger partial charge in [-0.1, -0.05) is 42.5 Å². The van der Waals surface area contributed by atoms with Gasteiger partial charge in [-0.3, -0.25) is 9.78 Å². The van der Waals surface area contributed by atoms with Crippen LogP contribution in [0.15, 0.2) is 73.1 Å². The van der Waals surface area contributed by atoms with Gasteiger partial charge in [0.05, 0.1) is 6.04 Å². The van der Waals surface area contributed by atoms with E-state index in [1.54, 1.807) is 30.6 Å². The molecule has 1 aliphatic rings. The quantitative estimate of drug-likeness (QED) is 0.584. The molecule has 0 unspecified atom stereocenters. The summed E-state index contributed by atoms with van der Waals surface area (Å²) in [6.45, 7) is 0. The third kappa shape index (κ3) is 4.42. The number of alkyl halides is 3. The van der Waals surface area contributed by atoms with Crippen LogP contribution in [-0.4, -0.2) is 34.1 Å². The topological polar surface area (TPSA) is 59.5 Å². The van der Waals surface area contributed by atoms with Gasteiger partial charge in [0.2, 0.25) is 0 Å². The van der Waals surface area contributed by atoms with Crippen molar-refractivity contribution in [3.63, 3.8) is 0 Å². The van der Waals surface area contributed by atoms with Gasteiger partial charge in [-0.05, 0) is 53.3 Å². The molecular weight excluding hydrogens is 409 g/mol. The summed E-state index contributed by atoms with van der Waals surface area (Å²) in [6.07, 6.45) is -1.34. The highest BCUT2D eigenvalue weighted by atomic mass is 19.4. The summed E-state index contributed by atoms with van der Waals surface area (Å²) in [5.41, 5.74) is 3.53. The molecule has 1 aromatic heterocycles. The summed E-state index contributed by atoms with van der Waals surface area (Å²) in [6, 6.07) is 16.5. The molecule has 0 atom stereocenters. The Balaban J connectivity index is 1.60. The van der Waals surface area contributed by atoms with Gasteiger partial charge >= 0.3 is 12.1 Å². The average molecular weight is 426 g/mol. The minimum atomic E-state index is -5.21. The number of fused-ring (bicyclic) bond motifs is 1. The summed E-state index contributed by atoms with van der Waals surface area (Å²) in [4.78, 5) is 33.2. The molecule has 0 N–H and O–H groups in total. The van der Waals surface area contributed by atoms with Crippen molar-refractivity contribution in [2.45, 2.75) is 25.1 Å². The number of carbonyl (C=O) groups is 2. The number of carbonyl (C=O) groups excluding carboxylic acids is 2. The minimum absolute atomic E-state index is 0.110. The predicted molar refractivity (Wildman–Crippen MR) is 106 cm³/mol. The van der Waals surface area contributed by atoms with Crippen molar-refractivity contribution >= 4 is 11.9 Å². The number of aromatic nitrogens is 1. The molecule has 0 saturated heterocycles. The molecule has 2 aromatic carbocycles. The monoisotopic (exact) mass is 426 g/mol. The number of benzene rings is 2. The molecule has 0 fully saturated rings. The van der Waals surface area contributed by atoms with E-state index in [9.17, 15) is 22.8 Å². The molecule has 0 aliphatic heterocycles. The van der Waals surface area contributed by atoms with Crippen LogP contribution >= 0.6 is 0 Å². The standard InChI is InChI=1S/C23H17F3N2O3/c24-23(25,26)22(30)31-28(20-12-17-4-1-2-5-18(17)13-20)21(29)16-9-7-15(8-10-16)19-6-3-11-27-14-19/h1-11,14,20H,12-13H2. The number of halogens is 3. The van der Waals surface area contributed by atoms with E-state index >= 15 is 0 Å². The van der Waals surface area contributed by atoms with Crippen molar-refractivity contribution < 1.29 is 27.6 Å². The Morgan fingerprint density at radius 2 is 1.55 bits per heavy atom. The van der Waals surface area contributed by atoms with Gasteiger partial charge < -0.3 is 4.84 Å². The molecule has 3 aromatic rings. The zero-order chi connectivity index (χ0) is 22.0. The maximum absolute atomic E-state index is 13.1. The van der Waals surface area contributed by atoms with E-state index in [1.165, 1.54) is 12.1 Å². The van der Waals surface area contributed by atoms with E-state index in [4.69, 9.17) is 0 Å². The highest BCUT2D eigenvalue weighted by molar-refractivity contribution is 5.95. The Bertz CT molecular complexity index is 1070. The average Bonchev–Trinajstić information content (AvgIpc) is 3.21. The maximum atomic E-state index is 13.1. The summed E-state index contributed by atoms with van der Waals surface area (Å²) in [5, 5.41) is 0.564. The molecule has 0 spiro atoms. The van der Waals surface area contributed by atoms with E-state index < -0.39 is 24.1 Å². The first-order valence-corrected chi connectivity index (χ1v) is 9.53. The first kappa shape index (κ1) is 20.6. The predicted octanol–water partition coefficient (Wildman–Crippen LogP) is 4.38. The van der Waals surface area contributed by atoms with Crippen molar-refractivity contribution in [3.8, 4) is 11.1 Å². The second kappa shape index (κ2) is 8.22. The molecule has 0 saturated carbocycles. The first-order chi connectivity index (χ1) is 14.8. The summed E-state index contributed by atoms with van der Waals surface area (Å²) >= 11 is 0. The molecule has 1 amide bonds. The van der Waals surface area contributed by atoms with Gasteiger partial charge in [-0.2, -0.15) is 18.2 Å². The van der Waals surface area contributed by atoms with Crippen LogP contribution in [0, 0.1) is 0 Å². The Labute approximate surface area is 176 Å². The molecule has 1 aliphatic carbocycles. The molecule has 0 radical (unpaired) electrons. The second-order valence-corrected chi connectivity index (χ2v) is 7.16. The van der Waals surface area contributed by atoms with Crippen LogP contribution in [0.4, 0.5) is 13.2 Å². The third-order valence-electron chi connectivity index (χ3n) is 5.10. The fourth-order valence-corrected chi connectivity index (χ4v) is 3.59. The number of hydrogen-bond donors (Lipinski definition) is 0. The molecule has 1 heterocycles. The molecule has 4 rings (SSSR count). The van der Waals surface area contributed by atoms with Crippen LogP contribution in [0.25, 0.3) is 11.1 Å². The highest BCUT2D eigenvalue weighted by Crippen LogP contribution is 2.29. The summed E-state index contributed by atoms with van der Waals surface area (Å²) in [5.74, 6) is -3.24. The lowest BCUT2D eigenvalue weighted by Crippen LogP contribution is -2.45. The normalized spacial score (nSPS) is 13.5. The van der Waals surface area contributed by atoms with E-state index in [0.29, 0.717) is 17.9 Å². The minimum Gasteiger partial charge on any atom is -0.329 e. The van der Waals surface area contributed by atoms with Gasteiger partial charge in [0.1, 0.15) is 0 Å². The van der Waals surface area contributed by atoms with Gasteiger partial charge in [-0.25, -0.2) is 4.79 Å².